The van der Waals surface area contributed by atoms with Crippen molar-refractivity contribution in [1.29, 1.82) is 0 Å². The Morgan fingerprint density at radius 1 is 0.936 bits per heavy atom. The molecule has 3 aromatic rings. The van der Waals surface area contributed by atoms with Crippen molar-refractivity contribution in [3.63, 3.8) is 0 Å². The Kier molecular flexibility index (Phi) is 9.39. The highest BCUT2D eigenvalue weighted by Crippen LogP contribution is 2.52. The van der Waals surface area contributed by atoms with Gasteiger partial charge >= 0.3 is 6.09 Å². The Labute approximate surface area is 280 Å². The van der Waals surface area contributed by atoms with Crippen LogP contribution < -0.4 is 13.8 Å². The second-order valence-electron chi connectivity index (χ2n) is 11.9. The molecular formula is C34H39ClN4O7S. The molecule has 0 radical (unpaired) electrons. The summed E-state index contributed by atoms with van der Waals surface area (Å²) in [6.07, 6.45) is 1.41. The van der Waals surface area contributed by atoms with Crippen molar-refractivity contribution in [2.24, 2.45) is 0 Å². The van der Waals surface area contributed by atoms with Crippen molar-refractivity contribution in [3.8, 4) is 11.5 Å². The van der Waals surface area contributed by atoms with E-state index in [-0.39, 0.29) is 39.1 Å². The van der Waals surface area contributed by atoms with E-state index >= 15 is 0 Å². The summed E-state index contributed by atoms with van der Waals surface area (Å²) in [7, 11) is -0.898. The fourth-order valence-electron chi connectivity index (χ4n) is 6.70. The van der Waals surface area contributed by atoms with Gasteiger partial charge in [-0.3, -0.25) is 9.69 Å². The SMILES string of the molecule is CCOc1ccccc1C1(OC(=O)N2CCN(C3CCN(C)CC3)CC2)C(=O)N(S(=O)(=O)c2ccc(OC)cc2)c2ccc(Cl)cc21. The van der Waals surface area contributed by atoms with E-state index in [0.29, 0.717) is 42.3 Å². The molecule has 1 unspecified atom stereocenters. The molecular weight excluding hydrogens is 644 g/mol. The van der Waals surface area contributed by atoms with Gasteiger partial charge in [0, 0.05) is 42.8 Å². The number of piperidine rings is 1. The molecule has 3 heterocycles. The Morgan fingerprint density at radius 3 is 2.28 bits per heavy atom. The first kappa shape index (κ1) is 33.1. The number of nitrogens with zero attached hydrogens (tertiary/aromatic N) is 4. The van der Waals surface area contributed by atoms with Crippen LogP contribution in [0.1, 0.15) is 30.9 Å². The number of carbonyl (C=O) groups is 2. The number of rotatable bonds is 8. The number of hydrogen-bond acceptors (Lipinski definition) is 9. The highest BCUT2D eigenvalue weighted by atomic mass is 35.5. The summed E-state index contributed by atoms with van der Waals surface area (Å²) < 4.78 is 46.7. The van der Waals surface area contributed by atoms with Gasteiger partial charge in [-0.25, -0.2) is 13.2 Å². The van der Waals surface area contributed by atoms with Crippen molar-refractivity contribution in [1.82, 2.24) is 14.7 Å². The van der Waals surface area contributed by atoms with Crippen molar-refractivity contribution in [3.05, 3.63) is 82.9 Å². The maximum Gasteiger partial charge on any atom is 0.411 e. The summed E-state index contributed by atoms with van der Waals surface area (Å²) >= 11 is 6.50. The third-order valence-corrected chi connectivity index (χ3v) is 11.2. The van der Waals surface area contributed by atoms with Crippen LogP contribution in [0, 0.1) is 0 Å². The van der Waals surface area contributed by atoms with Crippen molar-refractivity contribution in [2.45, 2.75) is 36.3 Å². The van der Waals surface area contributed by atoms with Crippen LogP contribution in [-0.4, -0.2) is 101 Å². The number of hydrogen-bond donors (Lipinski definition) is 0. The van der Waals surface area contributed by atoms with Gasteiger partial charge in [-0.05, 0) is 88.4 Å². The third-order valence-electron chi connectivity index (χ3n) is 9.22. The second kappa shape index (κ2) is 13.3. The lowest BCUT2D eigenvalue weighted by atomic mass is 9.86. The van der Waals surface area contributed by atoms with Crippen LogP contribution in [0.4, 0.5) is 10.5 Å². The normalized spacial score (nSPS) is 21.1. The zero-order valence-electron chi connectivity index (χ0n) is 26.7. The van der Waals surface area contributed by atoms with Gasteiger partial charge in [-0.1, -0.05) is 29.8 Å². The van der Waals surface area contributed by atoms with Crippen molar-refractivity contribution >= 4 is 39.3 Å². The summed E-state index contributed by atoms with van der Waals surface area (Å²) in [5.74, 6) is -0.248. The number of carbonyl (C=O) groups excluding carboxylic acids is 2. The lowest BCUT2D eigenvalue weighted by Crippen LogP contribution is -2.55. The van der Waals surface area contributed by atoms with E-state index < -0.39 is 27.6 Å². The molecule has 0 aliphatic carbocycles. The predicted molar refractivity (Wildman–Crippen MR) is 178 cm³/mol. The minimum atomic E-state index is -4.50. The summed E-state index contributed by atoms with van der Waals surface area (Å²) in [5, 5.41) is 0.237. The summed E-state index contributed by atoms with van der Waals surface area (Å²) in [6.45, 7) is 6.26. The van der Waals surface area contributed by atoms with Crippen LogP contribution in [0.15, 0.2) is 71.6 Å². The average molecular weight is 683 g/mol. The molecule has 47 heavy (non-hydrogen) atoms. The number of ether oxygens (including phenoxy) is 3. The molecule has 1 atom stereocenters. The maximum absolute atomic E-state index is 14.9. The van der Waals surface area contributed by atoms with Crippen molar-refractivity contribution in [2.75, 3.05) is 64.3 Å². The van der Waals surface area contributed by atoms with E-state index in [4.69, 9.17) is 25.8 Å². The minimum absolute atomic E-state index is 0.0291. The molecule has 13 heteroatoms. The van der Waals surface area contributed by atoms with E-state index in [1.165, 1.54) is 49.6 Å². The van der Waals surface area contributed by atoms with E-state index in [1.807, 2.05) is 0 Å². The molecule has 2 fully saturated rings. The molecule has 2 amide bonds. The predicted octanol–water partition coefficient (Wildman–Crippen LogP) is 4.57. The van der Waals surface area contributed by atoms with Crippen LogP contribution in [0.25, 0.3) is 0 Å². The minimum Gasteiger partial charge on any atom is -0.497 e. The average Bonchev–Trinajstić information content (AvgIpc) is 3.33. The van der Waals surface area contributed by atoms with E-state index in [2.05, 4.69) is 16.8 Å². The number of benzene rings is 3. The Bertz CT molecular complexity index is 1740. The quantitative estimate of drug-likeness (QED) is 0.338. The van der Waals surface area contributed by atoms with Gasteiger partial charge in [0.25, 0.3) is 15.9 Å². The molecule has 0 spiro atoms. The second-order valence-corrected chi connectivity index (χ2v) is 14.2. The van der Waals surface area contributed by atoms with Crippen molar-refractivity contribution < 1.29 is 32.2 Å². The van der Waals surface area contributed by atoms with Gasteiger partial charge < -0.3 is 24.0 Å². The van der Waals surface area contributed by atoms with Gasteiger partial charge in [0.2, 0.25) is 5.60 Å². The zero-order chi connectivity index (χ0) is 33.3. The van der Waals surface area contributed by atoms with Crippen LogP contribution in [0.3, 0.4) is 0 Å². The number of likely N-dealkylation sites (tertiary alicyclic amines) is 1. The van der Waals surface area contributed by atoms with Gasteiger partial charge in [0.1, 0.15) is 11.5 Å². The molecule has 0 N–H and O–H groups in total. The third kappa shape index (κ3) is 6.03. The van der Waals surface area contributed by atoms with Gasteiger partial charge in [-0.15, -0.1) is 0 Å². The molecule has 0 aromatic heterocycles. The summed E-state index contributed by atoms with van der Waals surface area (Å²) in [6, 6.07) is 17.3. The summed E-state index contributed by atoms with van der Waals surface area (Å²) in [5.41, 5.74) is -1.87. The largest absolute Gasteiger partial charge is 0.497 e. The number of fused-ring (bicyclic) bond motifs is 1. The molecule has 250 valence electrons. The number of halogens is 1. The number of sulfonamides is 1. The topological polar surface area (TPSA) is 109 Å². The molecule has 3 aliphatic rings. The van der Waals surface area contributed by atoms with Gasteiger partial charge in [0.05, 0.1) is 29.9 Å². The first-order valence-corrected chi connectivity index (χ1v) is 17.6. The Balaban J connectivity index is 1.41. The maximum atomic E-state index is 14.9. The number of amides is 2. The molecule has 11 nitrogen and oxygen atoms in total. The molecule has 0 bridgehead atoms. The Hall–Kier alpha value is -3.84. The number of anilines is 1. The van der Waals surface area contributed by atoms with E-state index in [9.17, 15) is 18.0 Å². The summed E-state index contributed by atoms with van der Waals surface area (Å²) in [4.78, 5) is 35.2. The molecule has 2 saturated heterocycles. The zero-order valence-corrected chi connectivity index (χ0v) is 28.3. The standard InChI is InChI=1S/C34H39ClN4O7S/c1-4-45-31-8-6-5-7-28(31)34(46-33(41)38-21-19-37(20-22-38)25-15-17-36(2)18-16-25)29-23-24(35)9-14-30(29)39(32(34)40)47(42,43)27-12-10-26(44-3)11-13-27/h5-14,23,25H,4,15-22H2,1-3H3. The van der Waals surface area contributed by atoms with Gasteiger partial charge in [-0.2, -0.15) is 4.31 Å². The molecule has 3 aliphatic heterocycles. The van der Waals surface area contributed by atoms with Crippen LogP contribution >= 0.6 is 11.6 Å². The first-order chi connectivity index (χ1) is 22.6. The van der Waals surface area contributed by atoms with Crippen LogP contribution in [0.5, 0.6) is 11.5 Å². The van der Waals surface area contributed by atoms with Crippen LogP contribution in [-0.2, 0) is 25.2 Å². The molecule has 6 rings (SSSR count). The van der Waals surface area contributed by atoms with E-state index in [0.717, 1.165) is 25.9 Å². The number of piperazine rings is 1. The highest BCUT2D eigenvalue weighted by molar-refractivity contribution is 7.93. The molecule has 3 aromatic carbocycles. The lowest BCUT2D eigenvalue weighted by molar-refractivity contribution is -0.132. The monoisotopic (exact) mass is 682 g/mol. The number of methoxy groups -OCH3 is 1. The Morgan fingerprint density at radius 2 is 1.62 bits per heavy atom. The van der Waals surface area contributed by atoms with Gasteiger partial charge in [0.15, 0.2) is 0 Å². The highest BCUT2D eigenvalue weighted by Gasteiger charge is 2.61. The fourth-order valence-corrected chi connectivity index (χ4v) is 8.33. The first-order valence-electron chi connectivity index (χ1n) is 15.8. The van der Waals surface area contributed by atoms with Crippen LogP contribution in [0.2, 0.25) is 5.02 Å². The number of para-hydroxylation sites is 1. The molecule has 0 saturated carbocycles. The fraction of sp³-hybridized carbons (Fsp3) is 0.412. The van der Waals surface area contributed by atoms with E-state index in [1.54, 1.807) is 36.1 Å². The smallest absolute Gasteiger partial charge is 0.411 e. The lowest BCUT2D eigenvalue weighted by Gasteiger charge is -2.42.